The third kappa shape index (κ3) is 3.15. The number of hydrogen-bond donors (Lipinski definition) is 1. The lowest BCUT2D eigenvalue weighted by Crippen LogP contribution is -2.48. The second-order valence-electron chi connectivity index (χ2n) is 4.94. The van der Waals surface area contributed by atoms with E-state index in [9.17, 15) is 0 Å². The van der Waals surface area contributed by atoms with Gasteiger partial charge in [0.25, 0.3) is 0 Å². The van der Waals surface area contributed by atoms with E-state index in [-0.39, 0.29) is 5.79 Å². The number of thioether (sulfide) groups is 2. The summed E-state index contributed by atoms with van der Waals surface area (Å²) in [7, 11) is 2.03. The number of ether oxygens (including phenoxy) is 2. The van der Waals surface area contributed by atoms with Gasteiger partial charge in [-0.3, -0.25) is 0 Å². The van der Waals surface area contributed by atoms with Gasteiger partial charge in [-0.1, -0.05) is 34.9 Å². The average Bonchev–Trinajstić information content (AvgIpc) is 3.09. The Bertz CT molecular complexity index is 451. The predicted molar refractivity (Wildman–Crippen MR) is 82.7 cm³/mol. The van der Waals surface area contributed by atoms with Crippen LogP contribution in [0.4, 0.5) is 0 Å². The molecule has 5 nitrogen and oxygen atoms in total. The highest BCUT2D eigenvalue weighted by Gasteiger charge is 2.45. The zero-order valence-electron chi connectivity index (χ0n) is 11.6. The van der Waals surface area contributed by atoms with Crippen LogP contribution in [-0.4, -0.2) is 53.8 Å². The number of nitrogens with one attached hydrogen (secondary N) is 1. The summed E-state index contributed by atoms with van der Waals surface area (Å²) in [6.07, 6.45) is 4.99. The van der Waals surface area contributed by atoms with E-state index >= 15 is 0 Å². The first-order valence-electron chi connectivity index (χ1n) is 6.74. The minimum absolute atomic E-state index is 0.349. The summed E-state index contributed by atoms with van der Waals surface area (Å²) >= 11 is 5.11. The molecule has 3 rings (SSSR count). The van der Waals surface area contributed by atoms with E-state index in [0.29, 0.717) is 11.3 Å². The maximum absolute atomic E-state index is 5.87. The number of hydrogen-bond acceptors (Lipinski definition) is 8. The van der Waals surface area contributed by atoms with E-state index < -0.39 is 0 Å². The standard InChI is InChI=1S/C12H19N3O2S3/c1-13-8-3-4-12(16-5-6-17-12)7-9(8)19-11-15-14-10(18-2)20-11/h8-9,13H,3-7H2,1-2H3. The first kappa shape index (κ1) is 15.1. The van der Waals surface area contributed by atoms with Crippen molar-refractivity contribution in [3.8, 4) is 0 Å². The van der Waals surface area contributed by atoms with E-state index in [1.54, 1.807) is 34.9 Å². The van der Waals surface area contributed by atoms with Crippen molar-refractivity contribution >= 4 is 34.9 Å². The van der Waals surface area contributed by atoms with Gasteiger partial charge in [0.1, 0.15) is 0 Å². The number of nitrogens with zero attached hydrogens (tertiary/aromatic N) is 2. The quantitative estimate of drug-likeness (QED) is 0.848. The molecule has 2 heterocycles. The predicted octanol–water partition coefficient (Wildman–Crippen LogP) is 2.24. The molecule has 1 saturated carbocycles. The van der Waals surface area contributed by atoms with Gasteiger partial charge in [0.05, 0.1) is 13.2 Å². The lowest BCUT2D eigenvalue weighted by Gasteiger charge is -2.40. The molecule has 0 bridgehead atoms. The van der Waals surface area contributed by atoms with Gasteiger partial charge in [0, 0.05) is 24.1 Å². The lowest BCUT2D eigenvalue weighted by molar-refractivity contribution is -0.177. The average molecular weight is 334 g/mol. The van der Waals surface area contributed by atoms with Crippen molar-refractivity contribution in [1.82, 2.24) is 15.5 Å². The zero-order chi connectivity index (χ0) is 14.0. The van der Waals surface area contributed by atoms with Gasteiger partial charge < -0.3 is 14.8 Å². The van der Waals surface area contributed by atoms with Gasteiger partial charge >= 0.3 is 0 Å². The molecule has 112 valence electrons. The van der Waals surface area contributed by atoms with E-state index in [1.807, 2.05) is 13.3 Å². The smallest absolute Gasteiger partial charge is 0.175 e. The molecule has 1 aliphatic carbocycles. The second kappa shape index (κ2) is 6.50. The summed E-state index contributed by atoms with van der Waals surface area (Å²) in [6, 6.07) is 0.472. The minimum atomic E-state index is -0.349. The van der Waals surface area contributed by atoms with E-state index in [0.717, 1.165) is 41.2 Å². The Hall–Kier alpha value is 0.140. The molecular formula is C12H19N3O2S3. The van der Waals surface area contributed by atoms with Gasteiger partial charge in [-0.25, -0.2) is 0 Å². The molecule has 2 unspecified atom stereocenters. The normalized spacial score (nSPS) is 29.1. The Balaban J connectivity index is 1.70. The fourth-order valence-corrected chi connectivity index (χ4v) is 5.87. The van der Waals surface area contributed by atoms with Crippen molar-refractivity contribution in [2.24, 2.45) is 0 Å². The van der Waals surface area contributed by atoms with Crippen LogP contribution >= 0.6 is 34.9 Å². The molecule has 1 N–H and O–H groups in total. The van der Waals surface area contributed by atoms with Crippen molar-refractivity contribution in [3.63, 3.8) is 0 Å². The maximum atomic E-state index is 5.87. The fourth-order valence-electron chi connectivity index (χ4n) is 2.78. The van der Waals surface area contributed by atoms with Crippen LogP contribution in [0.15, 0.2) is 8.68 Å². The lowest BCUT2D eigenvalue weighted by atomic mass is 9.89. The zero-order valence-corrected chi connectivity index (χ0v) is 14.1. The largest absolute Gasteiger partial charge is 0.347 e. The minimum Gasteiger partial charge on any atom is -0.347 e. The molecule has 2 atom stereocenters. The van der Waals surface area contributed by atoms with Crippen LogP contribution < -0.4 is 5.32 Å². The summed E-state index contributed by atoms with van der Waals surface area (Å²) < 4.78 is 13.8. The van der Waals surface area contributed by atoms with Crippen LogP contribution in [0, 0.1) is 0 Å². The summed E-state index contributed by atoms with van der Waals surface area (Å²) in [6.45, 7) is 1.44. The molecule has 1 saturated heterocycles. The molecular weight excluding hydrogens is 314 g/mol. The number of aromatic nitrogens is 2. The molecule has 2 fully saturated rings. The van der Waals surface area contributed by atoms with Gasteiger partial charge in [-0.15, -0.1) is 10.2 Å². The van der Waals surface area contributed by atoms with Crippen LogP contribution in [0.2, 0.25) is 0 Å². The third-order valence-electron chi connectivity index (χ3n) is 3.80. The SMILES string of the molecule is CNC1CCC2(CC1Sc1nnc(SC)s1)OCCO2. The monoisotopic (exact) mass is 333 g/mol. The van der Waals surface area contributed by atoms with Crippen molar-refractivity contribution in [1.29, 1.82) is 0 Å². The molecule has 2 aliphatic rings. The molecule has 1 aromatic rings. The van der Waals surface area contributed by atoms with Gasteiger partial charge in [0.15, 0.2) is 14.5 Å². The summed E-state index contributed by atoms with van der Waals surface area (Å²) in [5.41, 5.74) is 0. The molecule has 20 heavy (non-hydrogen) atoms. The molecule has 1 spiro atoms. The van der Waals surface area contributed by atoms with Gasteiger partial charge in [-0.2, -0.15) is 0 Å². The highest BCUT2D eigenvalue weighted by atomic mass is 32.2. The summed E-state index contributed by atoms with van der Waals surface area (Å²) in [4.78, 5) is 0. The van der Waals surface area contributed by atoms with Crippen LogP contribution in [-0.2, 0) is 9.47 Å². The van der Waals surface area contributed by atoms with Gasteiger partial charge in [0.2, 0.25) is 0 Å². The van der Waals surface area contributed by atoms with Crippen molar-refractivity contribution < 1.29 is 9.47 Å². The Morgan fingerprint density at radius 3 is 2.70 bits per heavy atom. The van der Waals surface area contributed by atoms with Crippen molar-refractivity contribution in [3.05, 3.63) is 0 Å². The Labute approximate surface area is 131 Å². The van der Waals surface area contributed by atoms with Crippen LogP contribution in [0.3, 0.4) is 0 Å². The fraction of sp³-hybridized carbons (Fsp3) is 0.833. The van der Waals surface area contributed by atoms with E-state index in [1.165, 1.54) is 0 Å². The number of rotatable bonds is 4. The second-order valence-corrected chi connectivity index (χ2v) is 8.46. The first-order valence-corrected chi connectivity index (χ1v) is 9.66. The molecule has 0 aromatic carbocycles. The topological polar surface area (TPSA) is 56.3 Å². The van der Waals surface area contributed by atoms with Crippen molar-refractivity contribution in [2.45, 2.75) is 45.0 Å². The summed E-state index contributed by atoms with van der Waals surface area (Å²) in [5, 5.41) is 12.3. The van der Waals surface area contributed by atoms with E-state index in [2.05, 4.69) is 15.5 Å². The van der Waals surface area contributed by atoms with E-state index in [4.69, 9.17) is 9.47 Å². The molecule has 0 radical (unpaired) electrons. The Kier molecular flexibility index (Phi) is 4.89. The van der Waals surface area contributed by atoms with Crippen LogP contribution in [0.5, 0.6) is 0 Å². The maximum Gasteiger partial charge on any atom is 0.175 e. The van der Waals surface area contributed by atoms with Crippen LogP contribution in [0.25, 0.3) is 0 Å². The highest BCUT2D eigenvalue weighted by molar-refractivity contribution is 8.03. The third-order valence-corrected chi connectivity index (χ3v) is 7.11. The highest BCUT2D eigenvalue weighted by Crippen LogP contribution is 2.43. The summed E-state index contributed by atoms with van der Waals surface area (Å²) in [5.74, 6) is -0.349. The molecule has 8 heteroatoms. The van der Waals surface area contributed by atoms with Gasteiger partial charge in [-0.05, 0) is 19.7 Å². The Morgan fingerprint density at radius 1 is 1.30 bits per heavy atom. The van der Waals surface area contributed by atoms with Crippen molar-refractivity contribution in [2.75, 3.05) is 26.5 Å². The Morgan fingerprint density at radius 2 is 2.05 bits per heavy atom. The first-order chi connectivity index (χ1) is 9.74. The molecule has 0 amide bonds. The molecule has 1 aromatic heterocycles. The van der Waals surface area contributed by atoms with Crippen LogP contribution in [0.1, 0.15) is 19.3 Å². The molecule has 1 aliphatic heterocycles.